The van der Waals surface area contributed by atoms with Crippen molar-refractivity contribution in [2.24, 2.45) is 0 Å². The van der Waals surface area contributed by atoms with Crippen molar-refractivity contribution in [1.82, 2.24) is 0 Å². The topological polar surface area (TPSA) is 26.3 Å². The van der Waals surface area contributed by atoms with Gasteiger partial charge in [-0.3, -0.25) is 0 Å². The molecule has 0 aliphatic heterocycles. The predicted octanol–water partition coefficient (Wildman–Crippen LogP) is 3.88. The molecule has 0 N–H and O–H groups in total. The molecule has 94 valence electrons. The van der Waals surface area contributed by atoms with E-state index < -0.39 is 0 Å². The molecular weight excluding hydrogens is 236 g/mol. The number of benzene rings is 1. The van der Waals surface area contributed by atoms with E-state index in [1.54, 1.807) is 7.11 Å². The fourth-order valence-electron chi connectivity index (χ4n) is 1.98. The number of carbonyl (C=O) groups excluding carboxylic acids is 1. The minimum absolute atomic E-state index is 0.626. The maximum Gasteiger partial charge on any atom is 0.122 e. The van der Waals surface area contributed by atoms with Crippen molar-refractivity contribution in [3.63, 3.8) is 0 Å². The molecule has 2 nitrogen and oxygen atoms in total. The number of methoxy groups -OCH3 is 1. The van der Waals surface area contributed by atoms with Gasteiger partial charge in [-0.25, -0.2) is 0 Å². The Kier molecular flexibility index (Phi) is 5.49. The summed E-state index contributed by atoms with van der Waals surface area (Å²) in [6.45, 7) is 4.00. The molecule has 1 aromatic rings. The first-order chi connectivity index (χ1) is 8.11. The van der Waals surface area contributed by atoms with E-state index in [1.807, 2.05) is 19.9 Å². The first-order valence-electron chi connectivity index (χ1n) is 5.88. The summed E-state index contributed by atoms with van der Waals surface area (Å²) in [6, 6.07) is 1.98. The van der Waals surface area contributed by atoms with E-state index in [-0.39, 0.29) is 0 Å². The summed E-state index contributed by atoms with van der Waals surface area (Å²) < 4.78 is 5.39. The molecule has 0 unspecified atom stereocenters. The molecule has 0 fully saturated rings. The number of rotatable bonds is 6. The zero-order valence-corrected chi connectivity index (χ0v) is 11.4. The molecule has 3 heteroatoms. The average molecular weight is 255 g/mol. The summed E-state index contributed by atoms with van der Waals surface area (Å²) in [6.07, 6.45) is 4.39. The third-order valence-electron chi connectivity index (χ3n) is 2.99. The second-order valence-corrected chi connectivity index (χ2v) is 4.60. The fraction of sp³-hybridized carbons (Fsp3) is 0.500. The van der Waals surface area contributed by atoms with Gasteiger partial charge >= 0.3 is 0 Å². The van der Waals surface area contributed by atoms with Crippen LogP contribution in [0.1, 0.15) is 36.0 Å². The van der Waals surface area contributed by atoms with E-state index >= 15 is 0 Å². The summed E-state index contributed by atoms with van der Waals surface area (Å²) >= 11 is 6.24. The Hall–Kier alpha value is -1.02. The van der Waals surface area contributed by atoms with Crippen LogP contribution in [0.25, 0.3) is 0 Å². The average Bonchev–Trinajstić information content (AvgIpc) is 2.33. The largest absolute Gasteiger partial charge is 0.496 e. The number of unbranched alkanes of at least 4 members (excludes halogenated alkanes) is 2. The lowest BCUT2D eigenvalue weighted by molar-refractivity contribution is -0.107. The quantitative estimate of drug-likeness (QED) is 0.569. The van der Waals surface area contributed by atoms with Gasteiger partial charge in [-0.2, -0.15) is 0 Å². The molecule has 0 radical (unpaired) electrons. The maximum atomic E-state index is 10.3. The second-order valence-electron chi connectivity index (χ2n) is 4.23. The van der Waals surface area contributed by atoms with Crippen LogP contribution in [0, 0.1) is 13.8 Å². The van der Waals surface area contributed by atoms with Crippen LogP contribution in [-0.4, -0.2) is 13.4 Å². The third-order valence-corrected chi connectivity index (χ3v) is 3.57. The molecule has 1 rings (SSSR count). The molecule has 0 aromatic heterocycles. The van der Waals surface area contributed by atoms with E-state index in [1.165, 1.54) is 0 Å². The first kappa shape index (κ1) is 14.0. The number of aldehydes is 1. The predicted molar refractivity (Wildman–Crippen MR) is 71.1 cm³/mol. The van der Waals surface area contributed by atoms with Crippen LogP contribution in [0.4, 0.5) is 0 Å². The van der Waals surface area contributed by atoms with Crippen molar-refractivity contribution in [2.75, 3.05) is 7.11 Å². The van der Waals surface area contributed by atoms with E-state index in [0.717, 1.165) is 53.0 Å². The Morgan fingerprint density at radius 1 is 1.35 bits per heavy atom. The normalized spacial score (nSPS) is 10.4. The summed E-state index contributed by atoms with van der Waals surface area (Å²) in [4.78, 5) is 10.3. The van der Waals surface area contributed by atoms with Crippen molar-refractivity contribution >= 4 is 17.9 Å². The highest BCUT2D eigenvalue weighted by Crippen LogP contribution is 2.32. The van der Waals surface area contributed by atoms with Crippen LogP contribution in [-0.2, 0) is 11.2 Å². The number of ether oxygens (including phenoxy) is 1. The van der Waals surface area contributed by atoms with Gasteiger partial charge in [0, 0.05) is 11.4 Å². The molecule has 0 atom stereocenters. The minimum Gasteiger partial charge on any atom is -0.496 e. The molecule has 0 bridgehead atoms. The lowest BCUT2D eigenvalue weighted by Crippen LogP contribution is -1.98. The highest BCUT2D eigenvalue weighted by Gasteiger charge is 2.12. The lowest BCUT2D eigenvalue weighted by atomic mass is 9.99. The van der Waals surface area contributed by atoms with Crippen LogP contribution in [0.3, 0.4) is 0 Å². The van der Waals surface area contributed by atoms with E-state index in [2.05, 4.69) is 0 Å². The summed E-state index contributed by atoms with van der Waals surface area (Å²) in [5, 5.41) is 0.816. The Balaban J connectivity index is 2.88. The van der Waals surface area contributed by atoms with Crippen LogP contribution >= 0.6 is 11.6 Å². The van der Waals surface area contributed by atoms with Crippen LogP contribution in [0.15, 0.2) is 6.07 Å². The zero-order chi connectivity index (χ0) is 12.8. The zero-order valence-electron chi connectivity index (χ0n) is 10.7. The van der Waals surface area contributed by atoms with Crippen LogP contribution in [0.2, 0.25) is 5.02 Å². The SMILES string of the molecule is COc1cc(C)c(Cl)c(C)c1CCCCC=O. The van der Waals surface area contributed by atoms with E-state index in [0.29, 0.717) is 6.42 Å². The van der Waals surface area contributed by atoms with Crippen LogP contribution < -0.4 is 4.74 Å². The highest BCUT2D eigenvalue weighted by molar-refractivity contribution is 6.32. The monoisotopic (exact) mass is 254 g/mol. The number of hydrogen-bond donors (Lipinski definition) is 0. The molecular formula is C14H19ClO2. The van der Waals surface area contributed by atoms with Gasteiger partial charge in [0.05, 0.1) is 7.11 Å². The van der Waals surface area contributed by atoms with Gasteiger partial charge in [0.2, 0.25) is 0 Å². The molecule has 0 saturated heterocycles. The molecule has 0 heterocycles. The van der Waals surface area contributed by atoms with Gasteiger partial charge in [0.1, 0.15) is 12.0 Å². The van der Waals surface area contributed by atoms with Gasteiger partial charge in [-0.15, -0.1) is 0 Å². The number of halogens is 1. The Labute approximate surface area is 108 Å². The molecule has 0 amide bonds. The second kappa shape index (κ2) is 6.65. The summed E-state index contributed by atoms with van der Waals surface area (Å²) in [5.41, 5.74) is 3.29. The highest BCUT2D eigenvalue weighted by atomic mass is 35.5. The summed E-state index contributed by atoms with van der Waals surface area (Å²) in [7, 11) is 1.68. The Morgan fingerprint density at radius 3 is 2.65 bits per heavy atom. The molecule has 0 spiro atoms. The lowest BCUT2D eigenvalue weighted by Gasteiger charge is -2.14. The van der Waals surface area contributed by atoms with Gasteiger partial charge < -0.3 is 9.53 Å². The standard InChI is InChI=1S/C14H19ClO2/c1-10-9-13(17-3)12(11(2)14(10)15)7-5-4-6-8-16/h8-9H,4-7H2,1-3H3. The van der Waals surface area contributed by atoms with Gasteiger partial charge in [-0.05, 0) is 55.9 Å². The van der Waals surface area contributed by atoms with Crippen molar-refractivity contribution < 1.29 is 9.53 Å². The third kappa shape index (κ3) is 3.47. The number of aryl methyl sites for hydroxylation is 1. The van der Waals surface area contributed by atoms with Crippen molar-refractivity contribution in [3.05, 3.63) is 27.8 Å². The van der Waals surface area contributed by atoms with Gasteiger partial charge in [0.15, 0.2) is 0 Å². The minimum atomic E-state index is 0.626. The van der Waals surface area contributed by atoms with Crippen molar-refractivity contribution in [3.8, 4) is 5.75 Å². The number of hydrogen-bond acceptors (Lipinski definition) is 2. The Bertz CT molecular complexity index is 400. The van der Waals surface area contributed by atoms with E-state index in [9.17, 15) is 4.79 Å². The fourth-order valence-corrected chi connectivity index (χ4v) is 2.15. The van der Waals surface area contributed by atoms with Gasteiger partial charge in [-0.1, -0.05) is 11.6 Å². The molecule has 0 aliphatic rings. The summed E-state index contributed by atoms with van der Waals surface area (Å²) in [5.74, 6) is 0.899. The van der Waals surface area contributed by atoms with Crippen molar-refractivity contribution in [1.29, 1.82) is 0 Å². The first-order valence-corrected chi connectivity index (χ1v) is 6.25. The molecule has 1 aromatic carbocycles. The molecule has 0 aliphatic carbocycles. The van der Waals surface area contributed by atoms with Gasteiger partial charge in [0.25, 0.3) is 0 Å². The number of carbonyl (C=O) groups is 1. The molecule has 17 heavy (non-hydrogen) atoms. The van der Waals surface area contributed by atoms with Crippen molar-refractivity contribution in [2.45, 2.75) is 39.5 Å². The molecule has 0 saturated carbocycles. The van der Waals surface area contributed by atoms with Crippen LogP contribution in [0.5, 0.6) is 5.75 Å². The van der Waals surface area contributed by atoms with E-state index in [4.69, 9.17) is 16.3 Å². The maximum absolute atomic E-state index is 10.3. The smallest absolute Gasteiger partial charge is 0.122 e. The Morgan fingerprint density at radius 2 is 2.06 bits per heavy atom.